The van der Waals surface area contributed by atoms with E-state index >= 15 is 0 Å². The quantitative estimate of drug-likeness (QED) is 0.545. The fourth-order valence-electron chi connectivity index (χ4n) is 1.45. The van der Waals surface area contributed by atoms with Gasteiger partial charge in [-0.3, -0.25) is 0 Å². The maximum absolute atomic E-state index is 4.03. The molecule has 1 nitrogen and oxygen atoms in total. The van der Waals surface area contributed by atoms with E-state index in [2.05, 4.69) is 65.1 Å². The summed E-state index contributed by atoms with van der Waals surface area (Å²) in [5.74, 6) is 0. The van der Waals surface area contributed by atoms with Crippen molar-refractivity contribution in [3.8, 4) is 0 Å². The molecule has 0 bridgehead atoms. The van der Waals surface area contributed by atoms with Crippen molar-refractivity contribution < 1.29 is 4.57 Å². The highest BCUT2D eigenvalue weighted by Gasteiger charge is 2.01. The predicted octanol–water partition coefficient (Wildman–Crippen LogP) is 4.25. The third-order valence-electron chi connectivity index (χ3n) is 2.50. The lowest BCUT2D eigenvalue weighted by molar-refractivity contribution is -0.697. The van der Waals surface area contributed by atoms with Crippen LogP contribution in [0.3, 0.4) is 0 Å². The maximum Gasteiger partial charge on any atom is 0.169 e. The Morgan fingerprint density at radius 2 is 1.94 bits per heavy atom. The number of allylic oxidation sites excluding steroid dienone is 4. The van der Waals surface area contributed by atoms with Crippen LogP contribution in [0.2, 0.25) is 0 Å². The second kappa shape index (κ2) is 7.23. The summed E-state index contributed by atoms with van der Waals surface area (Å²) >= 11 is 3.29. The van der Waals surface area contributed by atoms with Crippen molar-refractivity contribution in [2.75, 3.05) is 0 Å². The van der Waals surface area contributed by atoms with Crippen LogP contribution >= 0.6 is 15.9 Å². The van der Waals surface area contributed by atoms with Gasteiger partial charge in [0.1, 0.15) is 6.54 Å². The highest BCUT2D eigenvalue weighted by molar-refractivity contribution is 9.11. The van der Waals surface area contributed by atoms with E-state index in [1.54, 1.807) is 0 Å². The molecule has 0 aliphatic carbocycles. The standard InChI is InChI=1S/C15H19BrN/c1-4-5-10-17-11-8-15(9-12-17)13(2)6-7-14(3)16/h6-9,11-12H,2-5,10H2,1H3/q+1/b7-6-. The van der Waals surface area contributed by atoms with E-state index in [1.165, 1.54) is 12.8 Å². The first-order valence-corrected chi connectivity index (χ1v) is 6.63. The SMILES string of the molecule is C=C(Br)/C=C\C(=C)c1cc[n+](CCCC)cc1. The van der Waals surface area contributed by atoms with E-state index in [1.807, 2.05) is 12.2 Å². The van der Waals surface area contributed by atoms with Gasteiger partial charge in [0.25, 0.3) is 0 Å². The van der Waals surface area contributed by atoms with E-state index in [4.69, 9.17) is 0 Å². The van der Waals surface area contributed by atoms with Gasteiger partial charge in [0.05, 0.1) is 0 Å². The Kier molecular flexibility index (Phi) is 5.92. The lowest BCUT2D eigenvalue weighted by atomic mass is 10.1. The summed E-state index contributed by atoms with van der Waals surface area (Å²) in [6, 6.07) is 4.19. The van der Waals surface area contributed by atoms with E-state index in [0.717, 1.165) is 22.2 Å². The average molecular weight is 293 g/mol. The lowest BCUT2D eigenvalue weighted by Crippen LogP contribution is -2.32. The second-order valence-electron chi connectivity index (χ2n) is 3.98. The molecule has 0 aromatic carbocycles. The third-order valence-corrected chi connectivity index (χ3v) is 2.76. The molecule has 0 fully saturated rings. The molecule has 1 heterocycles. The number of aryl methyl sites for hydroxylation is 1. The van der Waals surface area contributed by atoms with Crippen molar-refractivity contribution in [2.45, 2.75) is 26.3 Å². The monoisotopic (exact) mass is 292 g/mol. The number of pyridine rings is 1. The van der Waals surface area contributed by atoms with Crippen molar-refractivity contribution in [3.05, 3.63) is 59.9 Å². The summed E-state index contributed by atoms with van der Waals surface area (Å²) in [4.78, 5) is 0. The molecule has 1 aromatic rings. The second-order valence-corrected chi connectivity index (χ2v) is 5.00. The zero-order chi connectivity index (χ0) is 12.7. The van der Waals surface area contributed by atoms with Gasteiger partial charge in [0.2, 0.25) is 0 Å². The highest BCUT2D eigenvalue weighted by atomic mass is 79.9. The van der Waals surface area contributed by atoms with Gasteiger partial charge < -0.3 is 0 Å². The van der Waals surface area contributed by atoms with E-state index in [-0.39, 0.29) is 0 Å². The molecule has 0 radical (unpaired) electrons. The minimum Gasteiger partial charge on any atom is -0.205 e. The van der Waals surface area contributed by atoms with Crippen LogP contribution in [0.4, 0.5) is 0 Å². The van der Waals surface area contributed by atoms with Gasteiger partial charge in [-0.25, -0.2) is 4.57 Å². The first-order chi connectivity index (χ1) is 8.13. The minimum absolute atomic E-state index is 0.854. The number of aromatic nitrogens is 1. The summed E-state index contributed by atoms with van der Waals surface area (Å²) in [6.07, 6.45) is 10.5. The molecular formula is C15H19BrN+. The Hall–Kier alpha value is -1.15. The molecular weight excluding hydrogens is 274 g/mol. The number of halogens is 1. The van der Waals surface area contributed by atoms with Gasteiger partial charge in [0.15, 0.2) is 12.4 Å². The van der Waals surface area contributed by atoms with Crippen LogP contribution in [-0.2, 0) is 6.54 Å². The number of nitrogens with zero attached hydrogens (tertiary/aromatic N) is 1. The van der Waals surface area contributed by atoms with Gasteiger partial charge >= 0.3 is 0 Å². The van der Waals surface area contributed by atoms with Crippen LogP contribution in [0.5, 0.6) is 0 Å². The van der Waals surface area contributed by atoms with Crippen LogP contribution in [-0.4, -0.2) is 0 Å². The third kappa shape index (κ3) is 5.14. The molecule has 90 valence electrons. The summed E-state index contributed by atoms with van der Waals surface area (Å²) in [5.41, 5.74) is 2.14. The summed E-state index contributed by atoms with van der Waals surface area (Å²) in [5, 5.41) is 0. The van der Waals surface area contributed by atoms with Crippen molar-refractivity contribution >= 4 is 21.5 Å². The number of unbranched alkanes of at least 4 members (excludes halogenated alkanes) is 1. The summed E-state index contributed by atoms with van der Waals surface area (Å²) in [7, 11) is 0. The van der Waals surface area contributed by atoms with Crippen LogP contribution in [0, 0.1) is 0 Å². The topological polar surface area (TPSA) is 3.88 Å². The van der Waals surface area contributed by atoms with Gasteiger partial charge in [-0.1, -0.05) is 48.5 Å². The fraction of sp³-hybridized carbons (Fsp3) is 0.267. The number of rotatable bonds is 6. The maximum atomic E-state index is 4.03. The van der Waals surface area contributed by atoms with E-state index in [0.29, 0.717) is 0 Å². The summed E-state index contributed by atoms with van der Waals surface area (Å²) < 4.78 is 3.06. The molecule has 2 heteroatoms. The zero-order valence-electron chi connectivity index (χ0n) is 10.3. The Bertz CT molecular complexity index is 415. The first-order valence-electron chi connectivity index (χ1n) is 5.84. The molecule has 0 spiro atoms. The molecule has 0 aliphatic heterocycles. The van der Waals surface area contributed by atoms with E-state index < -0.39 is 0 Å². The van der Waals surface area contributed by atoms with Crippen molar-refractivity contribution in [2.24, 2.45) is 0 Å². The number of hydrogen-bond donors (Lipinski definition) is 0. The molecule has 0 atom stereocenters. The van der Waals surface area contributed by atoms with Crippen LogP contribution in [0.15, 0.2) is 54.3 Å². The molecule has 0 amide bonds. The van der Waals surface area contributed by atoms with E-state index in [9.17, 15) is 0 Å². The van der Waals surface area contributed by atoms with Gasteiger partial charge in [0, 0.05) is 23.0 Å². The Balaban J connectivity index is 2.67. The van der Waals surface area contributed by atoms with Crippen molar-refractivity contribution in [3.63, 3.8) is 0 Å². The average Bonchev–Trinajstić information content (AvgIpc) is 2.34. The largest absolute Gasteiger partial charge is 0.205 e. The molecule has 1 rings (SSSR count). The fourth-order valence-corrected chi connectivity index (χ4v) is 1.58. The lowest BCUT2D eigenvalue weighted by Gasteiger charge is -2.00. The highest BCUT2D eigenvalue weighted by Crippen LogP contribution is 2.14. The zero-order valence-corrected chi connectivity index (χ0v) is 11.9. The Morgan fingerprint density at radius 1 is 1.29 bits per heavy atom. The first kappa shape index (κ1) is 13.9. The molecule has 0 saturated carbocycles. The van der Waals surface area contributed by atoms with Crippen LogP contribution in [0.1, 0.15) is 25.3 Å². The van der Waals surface area contributed by atoms with Crippen molar-refractivity contribution in [1.29, 1.82) is 0 Å². The molecule has 17 heavy (non-hydrogen) atoms. The van der Waals surface area contributed by atoms with Gasteiger partial charge in [-0.15, -0.1) is 0 Å². The smallest absolute Gasteiger partial charge is 0.169 e. The molecule has 0 unspecified atom stereocenters. The normalized spacial score (nSPS) is 10.7. The minimum atomic E-state index is 0.854. The molecule has 1 aromatic heterocycles. The Morgan fingerprint density at radius 3 is 2.47 bits per heavy atom. The van der Waals surface area contributed by atoms with Gasteiger partial charge in [-0.2, -0.15) is 0 Å². The number of hydrogen-bond acceptors (Lipinski definition) is 0. The van der Waals surface area contributed by atoms with Crippen LogP contribution < -0.4 is 4.57 Å². The predicted molar refractivity (Wildman–Crippen MR) is 77.8 cm³/mol. The molecule has 0 saturated heterocycles. The Labute approximate surface area is 112 Å². The van der Waals surface area contributed by atoms with Crippen LogP contribution in [0.25, 0.3) is 5.57 Å². The molecule has 0 N–H and O–H groups in total. The van der Waals surface area contributed by atoms with Gasteiger partial charge in [-0.05, 0) is 17.2 Å². The summed E-state index contributed by atoms with van der Waals surface area (Å²) in [6.45, 7) is 11.1. The molecule has 0 aliphatic rings. The van der Waals surface area contributed by atoms with Crippen molar-refractivity contribution in [1.82, 2.24) is 0 Å².